The van der Waals surface area contributed by atoms with Crippen LogP contribution in [0.4, 0.5) is 0 Å². The van der Waals surface area contributed by atoms with Crippen molar-refractivity contribution in [2.24, 2.45) is 0 Å². The fraction of sp³-hybridized carbons (Fsp3) is 0.353. The summed E-state index contributed by atoms with van der Waals surface area (Å²) in [6.07, 6.45) is 1.98. The number of nitrogens with one attached hydrogen (secondary N) is 2. The summed E-state index contributed by atoms with van der Waals surface area (Å²) in [5, 5.41) is 8.52. The summed E-state index contributed by atoms with van der Waals surface area (Å²) in [6.45, 7) is 1.41. The number of fused-ring (bicyclic) bond motifs is 1. The molecule has 0 bridgehead atoms. The molecule has 1 atom stereocenters. The van der Waals surface area contributed by atoms with Crippen LogP contribution in [0.3, 0.4) is 0 Å². The molecule has 21 heavy (non-hydrogen) atoms. The van der Waals surface area contributed by atoms with Crippen LogP contribution in [0.15, 0.2) is 36.4 Å². The van der Waals surface area contributed by atoms with E-state index >= 15 is 0 Å². The minimum absolute atomic E-state index is 0.0500. The predicted molar refractivity (Wildman–Crippen MR) is 83.4 cm³/mol. The summed E-state index contributed by atoms with van der Waals surface area (Å²) in [6, 6.07) is 12.1. The molecule has 2 aromatic rings. The van der Waals surface area contributed by atoms with Crippen LogP contribution in [-0.2, 0) is 11.3 Å². The van der Waals surface area contributed by atoms with Gasteiger partial charge in [0.25, 0.3) is 0 Å². The maximum Gasteiger partial charge on any atom is 0.237 e. The van der Waals surface area contributed by atoms with Crippen molar-refractivity contribution < 1.29 is 9.53 Å². The Balaban J connectivity index is 1.83. The van der Waals surface area contributed by atoms with Crippen molar-refractivity contribution in [3.05, 3.63) is 42.0 Å². The third-order valence-corrected chi connectivity index (χ3v) is 4.03. The lowest BCUT2D eigenvalue weighted by Gasteiger charge is -2.15. The van der Waals surface area contributed by atoms with Gasteiger partial charge >= 0.3 is 0 Å². The summed E-state index contributed by atoms with van der Waals surface area (Å²) in [5.41, 5.74) is 1.03. The quantitative estimate of drug-likeness (QED) is 0.905. The number of rotatable bonds is 4. The zero-order chi connectivity index (χ0) is 14.7. The molecule has 1 amide bonds. The van der Waals surface area contributed by atoms with Crippen molar-refractivity contribution in [1.29, 1.82) is 0 Å². The fourth-order valence-electron chi connectivity index (χ4n) is 2.90. The van der Waals surface area contributed by atoms with Gasteiger partial charge in [-0.15, -0.1) is 0 Å². The van der Waals surface area contributed by atoms with Crippen molar-refractivity contribution in [2.75, 3.05) is 13.7 Å². The number of methoxy groups -OCH3 is 1. The van der Waals surface area contributed by atoms with E-state index in [-0.39, 0.29) is 11.9 Å². The number of amides is 1. The van der Waals surface area contributed by atoms with E-state index in [4.69, 9.17) is 4.74 Å². The van der Waals surface area contributed by atoms with Crippen LogP contribution in [0.1, 0.15) is 18.4 Å². The van der Waals surface area contributed by atoms with Gasteiger partial charge in [-0.25, -0.2) is 0 Å². The van der Waals surface area contributed by atoms with Crippen molar-refractivity contribution >= 4 is 16.7 Å². The zero-order valence-electron chi connectivity index (χ0n) is 12.2. The number of benzene rings is 2. The average Bonchev–Trinajstić information content (AvgIpc) is 3.06. The second kappa shape index (κ2) is 6.14. The van der Waals surface area contributed by atoms with E-state index in [1.807, 2.05) is 24.3 Å². The Kier molecular flexibility index (Phi) is 4.06. The van der Waals surface area contributed by atoms with Crippen molar-refractivity contribution in [1.82, 2.24) is 10.6 Å². The molecule has 1 aliphatic heterocycles. The molecule has 1 unspecified atom stereocenters. The summed E-state index contributed by atoms with van der Waals surface area (Å²) < 4.78 is 5.44. The minimum Gasteiger partial charge on any atom is -0.496 e. The van der Waals surface area contributed by atoms with Crippen molar-refractivity contribution in [2.45, 2.75) is 25.4 Å². The van der Waals surface area contributed by atoms with Gasteiger partial charge in [0.15, 0.2) is 0 Å². The van der Waals surface area contributed by atoms with Gasteiger partial charge in [-0.2, -0.15) is 0 Å². The second-order valence-electron chi connectivity index (χ2n) is 5.33. The topological polar surface area (TPSA) is 50.4 Å². The summed E-state index contributed by atoms with van der Waals surface area (Å²) in [4.78, 5) is 12.1. The summed E-state index contributed by atoms with van der Waals surface area (Å²) >= 11 is 0. The summed E-state index contributed by atoms with van der Waals surface area (Å²) in [7, 11) is 1.66. The zero-order valence-corrected chi connectivity index (χ0v) is 12.2. The Morgan fingerprint density at radius 2 is 2.19 bits per heavy atom. The molecule has 4 nitrogen and oxygen atoms in total. The number of hydrogen-bond donors (Lipinski definition) is 2. The van der Waals surface area contributed by atoms with E-state index < -0.39 is 0 Å². The van der Waals surface area contributed by atoms with Gasteiger partial charge in [-0.05, 0) is 36.2 Å². The van der Waals surface area contributed by atoms with E-state index in [1.54, 1.807) is 7.11 Å². The number of carbonyl (C=O) groups is 1. The lowest BCUT2D eigenvalue weighted by atomic mass is 10.0. The lowest BCUT2D eigenvalue weighted by Crippen LogP contribution is -2.40. The largest absolute Gasteiger partial charge is 0.496 e. The van der Waals surface area contributed by atoms with Gasteiger partial charge in [-0.1, -0.05) is 30.3 Å². The SMILES string of the molecule is COc1ccc2ccccc2c1CNC(=O)C1CCCN1. The highest BCUT2D eigenvalue weighted by atomic mass is 16.5. The highest BCUT2D eigenvalue weighted by Crippen LogP contribution is 2.27. The van der Waals surface area contributed by atoms with Gasteiger partial charge in [-0.3, -0.25) is 4.79 Å². The Bertz CT molecular complexity index is 648. The van der Waals surface area contributed by atoms with Gasteiger partial charge < -0.3 is 15.4 Å². The number of carbonyl (C=O) groups excluding carboxylic acids is 1. The second-order valence-corrected chi connectivity index (χ2v) is 5.33. The van der Waals surface area contributed by atoms with Gasteiger partial charge in [0.2, 0.25) is 5.91 Å². The van der Waals surface area contributed by atoms with E-state index in [0.717, 1.165) is 41.5 Å². The Morgan fingerprint density at radius 3 is 2.95 bits per heavy atom. The highest BCUT2D eigenvalue weighted by Gasteiger charge is 2.22. The van der Waals surface area contributed by atoms with E-state index in [9.17, 15) is 4.79 Å². The predicted octanol–water partition coefficient (Wildman–Crippen LogP) is 2.22. The highest BCUT2D eigenvalue weighted by molar-refractivity contribution is 5.88. The molecule has 4 heteroatoms. The first kappa shape index (κ1) is 13.9. The third-order valence-electron chi connectivity index (χ3n) is 4.03. The van der Waals surface area contributed by atoms with Crippen LogP contribution < -0.4 is 15.4 Å². The molecule has 3 rings (SSSR count). The Morgan fingerprint density at radius 1 is 1.33 bits per heavy atom. The van der Waals surface area contributed by atoms with Crippen LogP contribution in [0, 0.1) is 0 Å². The number of ether oxygens (including phenoxy) is 1. The summed E-state index contributed by atoms with van der Waals surface area (Å²) in [5.74, 6) is 0.885. The van der Waals surface area contributed by atoms with E-state index in [1.165, 1.54) is 0 Å². The van der Waals surface area contributed by atoms with Gasteiger partial charge in [0.1, 0.15) is 5.75 Å². The molecule has 0 aliphatic carbocycles. The molecule has 0 radical (unpaired) electrons. The molecular formula is C17H20N2O2. The molecule has 0 saturated carbocycles. The maximum atomic E-state index is 12.1. The molecule has 0 spiro atoms. The first-order valence-electron chi connectivity index (χ1n) is 7.35. The molecule has 0 aromatic heterocycles. The lowest BCUT2D eigenvalue weighted by molar-refractivity contribution is -0.122. The minimum atomic E-state index is -0.0500. The Hall–Kier alpha value is -2.07. The maximum absolute atomic E-state index is 12.1. The van der Waals surface area contributed by atoms with Crippen LogP contribution in [-0.4, -0.2) is 25.6 Å². The van der Waals surface area contributed by atoms with E-state index in [2.05, 4.69) is 22.8 Å². The molecule has 1 saturated heterocycles. The molecule has 1 heterocycles. The first-order valence-corrected chi connectivity index (χ1v) is 7.35. The molecule has 1 aliphatic rings. The number of hydrogen-bond acceptors (Lipinski definition) is 3. The first-order chi connectivity index (χ1) is 10.3. The van der Waals surface area contributed by atoms with Gasteiger partial charge in [0, 0.05) is 12.1 Å². The van der Waals surface area contributed by atoms with E-state index in [0.29, 0.717) is 6.54 Å². The molecule has 2 aromatic carbocycles. The fourth-order valence-corrected chi connectivity index (χ4v) is 2.90. The van der Waals surface area contributed by atoms with Crippen molar-refractivity contribution in [3.63, 3.8) is 0 Å². The normalized spacial score (nSPS) is 17.9. The average molecular weight is 284 g/mol. The van der Waals surface area contributed by atoms with Crippen molar-refractivity contribution in [3.8, 4) is 5.75 Å². The molecule has 1 fully saturated rings. The van der Waals surface area contributed by atoms with Crippen LogP contribution >= 0.6 is 0 Å². The van der Waals surface area contributed by atoms with Crippen LogP contribution in [0.5, 0.6) is 5.75 Å². The monoisotopic (exact) mass is 284 g/mol. The molecular weight excluding hydrogens is 264 g/mol. The van der Waals surface area contributed by atoms with Crippen LogP contribution in [0.25, 0.3) is 10.8 Å². The smallest absolute Gasteiger partial charge is 0.237 e. The third kappa shape index (κ3) is 2.85. The molecule has 110 valence electrons. The standard InChI is InChI=1S/C17H20N2O2/c1-21-16-9-8-12-5-2-3-6-13(12)14(16)11-19-17(20)15-7-4-10-18-15/h2-3,5-6,8-9,15,18H,4,7,10-11H2,1H3,(H,19,20). The molecule has 2 N–H and O–H groups in total. The van der Waals surface area contributed by atoms with Crippen LogP contribution in [0.2, 0.25) is 0 Å². The Labute approximate surface area is 124 Å². The van der Waals surface area contributed by atoms with Gasteiger partial charge in [0.05, 0.1) is 13.2 Å².